The van der Waals surface area contributed by atoms with E-state index in [9.17, 15) is 13.6 Å². The van der Waals surface area contributed by atoms with Gasteiger partial charge in [0.25, 0.3) is 0 Å². The Balaban J connectivity index is 1.79. The van der Waals surface area contributed by atoms with Gasteiger partial charge in [0, 0.05) is 23.9 Å². The van der Waals surface area contributed by atoms with Crippen LogP contribution in [0.4, 0.5) is 8.78 Å². The van der Waals surface area contributed by atoms with Crippen LogP contribution in [0.5, 0.6) is 0 Å². The SMILES string of the molecule is O=C(C1CCC1)n1ccc2ncc(-c3ccc(F)c(F)c3)cc21. The van der Waals surface area contributed by atoms with E-state index in [1.54, 1.807) is 29.1 Å². The molecule has 0 atom stereocenters. The molecule has 2 heterocycles. The van der Waals surface area contributed by atoms with E-state index >= 15 is 0 Å². The second-order valence-corrected chi connectivity index (χ2v) is 5.91. The van der Waals surface area contributed by atoms with Gasteiger partial charge in [-0.1, -0.05) is 12.5 Å². The van der Waals surface area contributed by atoms with Crippen molar-refractivity contribution in [3.05, 3.63) is 54.4 Å². The van der Waals surface area contributed by atoms with Gasteiger partial charge in [-0.25, -0.2) is 8.78 Å². The molecule has 0 radical (unpaired) electrons. The molecule has 0 aliphatic heterocycles. The largest absolute Gasteiger partial charge is 0.285 e. The van der Waals surface area contributed by atoms with Gasteiger partial charge in [-0.3, -0.25) is 14.3 Å². The molecule has 1 saturated carbocycles. The molecular weight excluding hydrogens is 298 g/mol. The van der Waals surface area contributed by atoms with Crippen LogP contribution in [0.25, 0.3) is 22.2 Å². The summed E-state index contributed by atoms with van der Waals surface area (Å²) in [6.45, 7) is 0. The lowest BCUT2D eigenvalue weighted by molar-refractivity contribution is 0.0770. The Labute approximate surface area is 131 Å². The van der Waals surface area contributed by atoms with E-state index < -0.39 is 11.6 Å². The molecule has 0 unspecified atom stereocenters. The van der Waals surface area contributed by atoms with Crippen LogP contribution in [0.3, 0.4) is 0 Å². The van der Waals surface area contributed by atoms with Gasteiger partial charge in [-0.2, -0.15) is 0 Å². The van der Waals surface area contributed by atoms with Gasteiger partial charge < -0.3 is 0 Å². The standard InChI is InChI=1S/C18H14F2N2O/c19-14-5-4-12(8-15(14)20)13-9-17-16(21-10-13)6-7-22(17)18(23)11-2-1-3-11/h4-11H,1-3H2. The lowest BCUT2D eigenvalue weighted by atomic mass is 9.85. The highest BCUT2D eigenvalue weighted by Crippen LogP contribution is 2.30. The van der Waals surface area contributed by atoms with E-state index in [0.29, 0.717) is 22.2 Å². The van der Waals surface area contributed by atoms with Crippen LogP contribution in [-0.4, -0.2) is 15.5 Å². The zero-order chi connectivity index (χ0) is 16.0. The van der Waals surface area contributed by atoms with Crippen LogP contribution >= 0.6 is 0 Å². The van der Waals surface area contributed by atoms with E-state index in [1.807, 2.05) is 0 Å². The molecule has 1 fully saturated rings. The monoisotopic (exact) mass is 312 g/mol. The number of halogens is 2. The highest BCUT2D eigenvalue weighted by Gasteiger charge is 2.27. The Morgan fingerprint density at radius 2 is 1.91 bits per heavy atom. The molecule has 0 bridgehead atoms. The second kappa shape index (κ2) is 5.26. The summed E-state index contributed by atoms with van der Waals surface area (Å²) in [5.74, 6) is -1.62. The zero-order valence-electron chi connectivity index (χ0n) is 12.3. The molecule has 23 heavy (non-hydrogen) atoms. The van der Waals surface area contributed by atoms with E-state index in [1.165, 1.54) is 6.07 Å². The van der Waals surface area contributed by atoms with E-state index in [2.05, 4.69) is 4.98 Å². The van der Waals surface area contributed by atoms with Crippen molar-refractivity contribution in [2.45, 2.75) is 19.3 Å². The van der Waals surface area contributed by atoms with E-state index in [0.717, 1.165) is 31.4 Å². The molecule has 116 valence electrons. The third kappa shape index (κ3) is 2.32. The number of nitrogens with zero attached hydrogens (tertiary/aromatic N) is 2. The van der Waals surface area contributed by atoms with Gasteiger partial charge in [0.1, 0.15) is 0 Å². The number of pyridine rings is 1. The van der Waals surface area contributed by atoms with Crippen LogP contribution < -0.4 is 0 Å². The molecule has 4 rings (SSSR count). The fourth-order valence-corrected chi connectivity index (χ4v) is 2.89. The molecule has 1 aromatic carbocycles. The molecule has 3 aromatic rings. The first-order valence-corrected chi connectivity index (χ1v) is 7.60. The minimum absolute atomic E-state index is 0.0792. The van der Waals surface area contributed by atoms with Crippen LogP contribution in [0.15, 0.2) is 42.7 Å². The average Bonchev–Trinajstić information content (AvgIpc) is 2.91. The molecule has 0 saturated heterocycles. The maximum absolute atomic E-state index is 13.4. The van der Waals surface area contributed by atoms with Gasteiger partial charge in [0.15, 0.2) is 11.6 Å². The second-order valence-electron chi connectivity index (χ2n) is 5.91. The third-order valence-corrected chi connectivity index (χ3v) is 4.48. The summed E-state index contributed by atoms with van der Waals surface area (Å²) < 4.78 is 28.1. The Kier molecular flexibility index (Phi) is 3.22. The fourth-order valence-electron chi connectivity index (χ4n) is 2.89. The van der Waals surface area contributed by atoms with Crippen LogP contribution in [0.2, 0.25) is 0 Å². The molecule has 2 aromatic heterocycles. The predicted octanol–water partition coefficient (Wildman–Crippen LogP) is 4.42. The normalized spacial score (nSPS) is 14.9. The maximum Gasteiger partial charge on any atom is 0.234 e. The van der Waals surface area contributed by atoms with Crippen molar-refractivity contribution in [1.82, 2.24) is 9.55 Å². The number of carbonyl (C=O) groups is 1. The number of hydrogen-bond donors (Lipinski definition) is 0. The van der Waals surface area contributed by atoms with Gasteiger partial charge in [0.05, 0.1) is 11.0 Å². The average molecular weight is 312 g/mol. The zero-order valence-corrected chi connectivity index (χ0v) is 12.3. The van der Waals surface area contributed by atoms with Gasteiger partial charge >= 0.3 is 0 Å². The smallest absolute Gasteiger partial charge is 0.234 e. The molecular formula is C18H14F2N2O. The lowest BCUT2D eigenvalue weighted by Crippen LogP contribution is -2.26. The van der Waals surface area contributed by atoms with E-state index in [4.69, 9.17) is 0 Å². The number of carbonyl (C=O) groups excluding carboxylic acids is 1. The number of hydrogen-bond acceptors (Lipinski definition) is 2. The van der Waals surface area contributed by atoms with Crippen molar-refractivity contribution in [2.75, 3.05) is 0 Å². The first-order chi connectivity index (χ1) is 11.1. The highest BCUT2D eigenvalue weighted by atomic mass is 19.2. The quantitative estimate of drug-likeness (QED) is 0.702. The number of rotatable bonds is 2. The summed E-state index contributed by atoms with van der Waals surface area (Å²) in [4.78, 5) is 16.8. The minimum atomic E-state index is -0.900. The summed E-state index contributed by atoms with van der Waals surface area (Å²) in [7, 11) is 0. The lowest BCUT2D eigenvalue weighted by Gasteiger charge is -2.24. The summed E-state index contributed by atoms with van der Waals surface area (Å²) in [5.41, 5.74) is 2.59. The maximum atomic E-state index is 13.4. The first kappa shape index (κ1) is 14.1. The highest BCUT2D eigenvalue weighted by molar-refractivity contribution is 5.93. The van der Waals surface area contributed by atoms with Crippen molar-refractivity contribution in [3.8, 4) is 11.1 Å². The molecule has 0 spiro atoms. The number of benzene rings is 1. The number of fused-ring (bicyclic) bond motifs is 1. The molecule has 0 amide bonds. The fraction of sp³-hybridized carbons (Fsp3) is 0.222. The Morgan fingerprint density at radius 3 is 2.61 bits per heavy atom. The van der Waals surface area contributed by atoms with Gasteiger partial charge in [-0.05, 0) is 42.7 Å². The molecule has 5 heteroatoms. The van der Waals surface area contributed by atoms with E-state index in [-0.39, 0.29) is 11.8 Å². The third-order valence-electron chi connectivity index (χ3n) is 4.48. The summed E-state index contributed by atoms with van der Waals surface area (Å²) in [5, 5.41) is 0. The minimum Gasteiger partial charge on any atom is -0.285 e. The Hall–Kier alpha value is -2.56. The van der Waals surface area contributed by atoms with Crippen LogP contribution in [-0.2, 0) is 0 Å². The Morgan fingerprint density at radius 1 is 1.09 bits per heavy atom. The summed E-state index contributed by atoms with van der Waals surface area (Å²) in [6.07, 6.45) is 6.28. The van der Waals surface area contributed by atoms with Crippen molar-refractivity contribution >= 4 is 16.9 Å². The molecule has 1 aliphatic rings. The van der Waals surface area contributed by atoms with Crippen molar-refractivity contribution in [3.63, 3.8) is 0 Å². The molecule has 1 aliphatic carbocycles. The van der Waals surface area contributed by atoms with Crippen LogP contribution in [0.1, 0.15) is 24.1 Å². The van der Waals surface area contributed by atoms with Gasteiger partial charge in [-0.15, -0.1) is 0 Å². The predicted molar refractivity (Wildman–Crippen MR) is 83.1 cm³/mol. The van der Waals surface area contributed by atoms with Crippen LogP contribution in [0, 0.1) is 17.6 Å². The topological polar surface area (TPSA) is 34.9 Å². The summed E-state index contributed by atoms with van der Waals surface area (Å²) in [6, 6.07) is 7.32. The van der Waals surface area contributed by atoms with Crippen molar-refractivity contribution < 1.29 is 13.6 Å². The van der Waals surface area contributed by atoms with Crippen molar-refractivity contribution in [1.29, 1.82) is 0 Å². The van der Waals surface area contributed by atoms with Crippen molar-refractivity contribution in [2.24, 2.45) is 5.92 Å². The van der Waals surface area contributed by atoms with Gasteiger partial charge in [0.2, 0.25) is 5.91 Å². The number of aromatic nitrogens is 2. The molecule has 3 nitrogen and oxygen atoms in total. The summed E-state index contributed by atoms with van der Waals surface area (Å²) >= 11 is 0. The Bertz CT molecular complexity index is 913. The molecule has 0 N–H and O–H groups in total. The first-order valence-electron chi connectivity index (χ1n) is 7.60.